The van der Waals surface area contributed by atoms with E-state index in [1.807, 2.05) is 0 Å². The van der Waals surface area contributed by atoms with Crippen molar-refractivity contribution >= 4 is 0 Å². The standard InChI is InChI=1S/C35H59NO/c1-10-31(6)24(4)13-16-32(7)28(31)15-17-34(9)29(32)12-11-27-30-26(23(2)3)14-18-35(30,20-19-33(27,34)8)25(5)36-21-22-37/h24,26-30,36-37H,2,5,10-22H2,1,3-4,6-9H3/t24-,26-,27?,28-,29+,30+,31+,32-,33+,34+,35+/m0/s1. The first-order chi connectivity index (χ1) is 17.4. The van der Waals surface area contributed by atoms with Crippen molar-refractivity contribution < 1.29 is 5.11 Å². The first-order valence-corrected chi connectivity index (χ1v) is 16.0. The zero-order chi connectivity index (χ0) is 27.0. The van der Waals surface area contributed by atoms with Crippen LogP contribution >= 0.6 is 0 Å². The lowest BCUT2D eigenvalue weighted by Crippen LogP contribution is -2.66. The molecule has 5 aliphatic rings. The van der Waals surface area contributed by atoms with E-state index in [4.69, 9.17) is 0 Å². The Balaban J connectivity index is 1.54. The van der Waals surface area contributed by atoms with Gasteiger partial charge in [0.1, 0.15) is 0 Å². The highest BCUT2D eigenvalue weighted by Crippen LogP contribution is 2.78. The molecule has 11 atom stereocenters. The van der Waals surface area contributed by atoms with Crippen LogP contribution in [0.2, 0.25) is 0 Å². The summed E-state index contributed by atoms with van der Waals surface area (Å²) in [7, 11) is 0. The van der Waals surface area contributed by atoms with Crippen LogP contribution in [0, 0.1) is 62.6 Å². The summed E-state index contributed by atoms with van der Waals surface area (Å²) in [5.41, 5.74) is 4.59. The van der Waals surface area contributed by atoms with Gasteiger partial charge in [-0.25, -0.2) is 0 Å². The zero-order valence-electron chi connectivity index (χ0n) is 25.5. The van der Waals surface area contributed by atoms with Crippen LogP contribution in [0.3, 0.4) is 0 Å². The van der Waals surface area contributed by atoms with Crippen LogP contribution in [-0.2, 0) is 0 Å². The molecular weight excluding hydrogens is 450 g/mol. The quantitative estimate of drug-likeness (QED) is 0.351. The molecule has 0 amide bonds. The van der Waals surface area contributed by atoms with Crippen molar-refractivity contribution in [2.75, 3.05) is 13.2 Å². The van der Waals surface area contributed by atoms with Gasteiger partial charge < -0.3 is 10.4 Å². The number of allylic oxidation sites excluding steroid dienone is 2. The second-order valence-corrected chi connectivity index (χ2v) is 15.8. The summed E-state index contributed by atoms with van der Waals surface area (Å²) >= 11 is 0. The van der Waals surface area contributed by atoms with Crippen molar-refractivity contribution in [3.05, 3.63) is 24.4 Å². The number of hydrogen-bond acceptors (Lipinski definition) is 2. The van der Waals surface area contributed by atoms with E-state index in [1.165, 1.54) is 81.9 Å². The van der Waals surface area contributed by atoms with Gasteiger partial charge in [-0.1, -0.05) is 66.7 Å². The maximum atomic E-state index is 9.56. The Labute approximate surface area is 229 Å². The smallest absolute Gasteiger partial charge is 0.0603 e. The Bertz CT molecular complexity index is 924. The number of nitrogens with one attached hydrogen (secondary N) is 1. The van der Waals surface area contributed by atoms with E-state index >= 15 is 0 Å². The van der Waals surface area contributed by atoms with Crippen LogP contribution in [0.15, 0.2) is 24.4 Å². The molecule has 0 aliphatic heterocycles. The molecule has 0 heterocycles. The molecule has 2 nitrogen and oxygen atoms in total. The summed E-state index contributed by atoms with van der Waals surface area (Å²) in [5.74, 6) is 4.60. The van der Waals surface area contributed by atoms with Crippen LogP contribution in [-0.4, -0.2) is 18.3 Å². The molecular formula is C35H59NO. The molecule has 210 valence electrons. The Kier molecular flexibility index (Phi) is 6.86. The fraction of sp³-hybridized carbons (Fsp3) is 0.886. The van der Waals surface area contributed by atoms with Crippen LogP contribution < -0.4 is 5.32 Å². The topological polar surface area (TPSA) is 32.3 Å². The largest absolute Gasteiger partial charge is 0.395 e. The van der Waals surface area contributed by atoms with Gasteiger partial charge in [0, 0.05) is 17.7 Å². The molecule has 5 saturated carbocycles. The molecule has 0 saturated heterocycles. The minimum Gasteiger partial charge on any atom is -0.395 e. The van der Waals surface area contributed by atoms with Gasteiger partial charge in [0.25, 0.3) is 0 Å². The molecule has 37 heavy (non-hydrogen) atoms. The first kappa shape index (κ1) is 27.8. The number of rotatable bonds is 6. The molecule has 5 rings (SSSR count). The lowest BCUT2D eigenvalue weighted by molar-refractivity contribution is -0.241. The molecule has 0 bridgehead atoms. The van der Waals surface area contributed by atoms with E-state index in [2.05, 4.69) is 66.9 Å². The van der Waals surface area contributed by atoms with Crippen molar-refractivity contribution in [1.82, 2.24) is 5.32 Å². The molecule has 0 aromatic heterocycles. The van der Waals surface area contributed by atoms with Crippen LogP contribution in [0.4, 0.5) is 0 Å². The van der Waals surface area contributed by atoms with Crippen molar-refractivity contribution in [3.63, 3.8) is 0 Å². The van der Waals surface area contributed by atoms with E-state index in [9.17, 15) is 5.11 Å². The van der Waals surface area contributed by atoms with Gasteiger partial charge in [0.05, 0.1) is 6.61 Å². The van der Waals surface area contributed by atoms with E-state index in [0.717, 1.165) is 23.7 Å². The van der Waals surface area contributed by atoms with Gasteiger partial charge in [-0.15, -0.1) is 0 Å². The van der Waals surface area contributed by atoms with E-state index in [-0.39, 0.29) is 12.0 Å². The fourth-order valence-electron chi connectivity index (χ4n) is 12.6. The third-order valence-corrected chi connectivity index (χ3v) is 15.2. The predicted molar refractivity (Wildman–Crippen MR) is 157 cm³/mol. The van der Waals surface area contributed by atoms with Gasteiger partial charge in [-0.3, -0.25) is 0 Å². The zero-order valence-corrected chi connectivity index (χ0v) is 25.5. The molecule has 2 heteroatoms. The van der Waals surface area contributed by atoms with Gasteiger partial charge in [0.15, 0.2) is 0 Å². The van der Waals surface area contributed by atoms with Crippen LogP contribution in [0.5, 0.6) is 0 Å². The highest BCUT2D eigenvalue weighted by atomic mass is 16.3. The lowest BCUT2D eigenvalue weighted by Gasteiger charge is -2.73. The maximum Gasteiger partial charge on any atom is 0.0603 e. The molecule has 0 aromatic carbocycles. The Morgan fingerprint density at radius 3 is 2.24 bits per heavy atom. The third-order valence-electron chi connectivity index (χ3n) is 15.2. The van der Waals surface area contributed by atoms with Crippen molar-refractivity contribution in [1.29, 1.82) is 0 Å². The summed E-state index contributed by atoms with van der Waals surface area (Å²) in [6.07, 6.45) is 15.0. The Morgan fingerprint density at radius 2 is 1.59 bits per heavy atom. The third kappa shape index (κ3) is 3.52. The molecule has 0 aromatic rings. The minimum atomic E-state index is 0.175. The van der Waals surface area contributed by atoms with Gasteiger partial charge in [-0.05, 0) is 128 Å². The Morgan fingerprint density at radius 1 is 0.865 bits per heavy atom. The van der Waals surface area contributed by atoms with E-state index in [1.54, 1.807) is 0 Å². The molecule has 5 fully saturated rings. The number of hydrogen-bond donors (Lipinski definition) is 2. The maximum absolute atomic E-state index is 9.56. The average molecular weight is 510 g/mol. The highest BCUT2D eigenvalue weighted by molar-refractivity contribution is 5.27. The van der Waals surface area contributed by atoms with Crippen LogP contribution in [0.25, 0.3) is 0 Å². The normalized spacial score (nSPS) is 52.9. The van der Waals surface area contributed by atoms with Crippen LogP contribution in [0.1, 0.15) is 119 Å². The Hall–Kier alpha value is -0.760. The SMILES string of the molecule is C=C(C)[C@@H]1CC[C@]2(C(=C)NCCO)CC[C@]3(C)C(CC[C@@H]4[C@@]5(C)CC[C@H](C)[C@@](C)(CC)[C@@H]5CC[C@]43C)[C@@H]12. The number of fused-ring (bicyclic) bond motifs is 7. The second-order valence-electron chi connectivity index (χ2n) is 15.8. The van der Waals surface area contributed by atoms with Gasteiger partial charge >= 0.3 is 0 Å². The lowest BCUT2D eigenvalue weighted by atomic mass is 9.31. The van der Waals surface area contributed by atoms with Gasteiger partial charge in [0.2, 0.25) is 0 Å². The minimum absolute atomic E-state index is 0.175. The molecule has 2 N–H and O–H groups in total. The van der Waals surface area contributed by atoms with E-state index in [0.29, 0.717) is 40.0 Å². The highest BCUT2D eigenvalue weighted by Gasteiger charge is 2.71. The van der Waals surface area contributed by atoms with Crippen molar-refractivity contribution in [2.24, 2.45) is 62.6 Å². The summed E-state index contributed by atoms with van der Waals surface area (Å²) in [6, 6.07) is 0. The first-order valence-electron chi connectivity index (χ1n) is 16.0. The summed E-state index contributed by atoms with van der Waals surface area (Å²) in [5, 5.41) is 13.1. The summed E-state index contributed by atoms with van der Waals surface area (Å²) in [6.45, 7) is 28.3. The number of aliphatic hydroxyl groups is 1. The average Bonchev–Trinajstić information content (AvgIpc) is 3.27. The number of aliphatic hydroxyl groups excluding tert-OH is 1. The molecule has 5 aliphatic carbocycles. The monoisotopic (exact) mass is 509 g/mol. The fourth-order valence-corrected chi connectivity index (χ4v) is 12.6. The molecule has 1 unspecified atom stereocenters. The second kappa shape index (κ2) is 9.14. The van der Waals surface area contributed by atoms with Crippen molar-refractivity contribution in [2.45, 2.75) is 119 Å². The summed E-state index contributed by atoms with van der Waals surface area (Å²) < 4.78 is 0. The molecule has 0 radical (unpaired) electrons. The predicted octanol–water partition coefficient (Wildman–Crippen LogP) is 8.77. The molecule has 0 spiro atoms. The van der Waals surface area contributed by atoms with E-state index < -0.39 is 0 Å². The van der Waals surface area contributed by atoms with Crippen molar-refractivity contribution in [3.8, 4) is 0 Å². The van der Waals surface area contributed by atoms with Gasteiger partial charge in [-0.2, -0.15) is 0 Å². The summed E-state index contributed by atoms with van der Waals surface area (Å²) in [4.78, 5) is 0.